The van der Waals surface area contributed by atoms with Crippen molar-refractivity contribution in [2.45, 2.75) is 10.3 Å². The number of nitrogens with zero attached hydrogens (tertiary/aromatic N) is 2. The van der Waals surface area contributed by atoms with E-state index in [0.717, 1.165) is 9.86 Å². The molecule has 1 atom stereocenters. The van der Waals surface area contributed by atoms with Crippen LogP contribution in [0.25, 0.3) is 10.9 Å². The summed E-state index contributed by atoms with van der Waals surface area (Å²) < 4.78 is 0.807. The Hall–Kier alpha value is -2.64. The number of aromatic nitrogens is 3. The lowest BCUT2D eigenvalue weighted by molar-refractivity contribution is -0.118. The van der Waals surface area contributed by atoms with E-state index in [9.17, 15) is 4.79 Å². The van der Waals surface area contributed by atoms with Crippen LogP contribution in [0.3, 0.4) is 0 Å². The van der Waals surface area contributed by atoms with E-state index in [-0.39, 0.29) is 11.8 Å². The van der Waals surface area contributed by atoms with Crippen LogP contribution in [0.15, 0.2) is 70.6 Å². The minimum Gasteiger partial charge on any atom is -0.361 e. The Morgan fingerprint density at radius 2 is 1.96 bits per heavy atom. The third kappa shape index (κ3) is 4.20. The first-order valence-corrected chi connectivity index (χ1v) is 10.4. The highest BCUT2D eigenvalue weighted by Crippen LogP contribution is 2.30. The van der Waals surface area contributed by atoms with Gasteiger partial charge in [0.1, 0.15) is 5.51 Å². The van der Waals surface area contributed by atoms with Gasteiger partial charge in [-0.05, 0) is 17.2 Å². The Kier molecular flexibility index (Phi) is 5.50. The molecule has 0 aliphatic heterocycles. The molecule has 0 spiro atoms. The molecule has 27 heavy (non-hydrogen) atoms. The summed E-state index contributed by atoms with van der Waals surface area (Å²) in [6.07, 6.45) is 2.05. The zero-order valence-corrected chi connectivity index (χ0v) is 16.1. The number of nitrogens with one attached hydrogen (secondary N) is 2. The smallest absolute Gasteiger partial charge is 0.230 e. The predicted molar refractivity (Wildman–Crippen MR) is 110 cm³/mol. The number of carbonyl (C=O) groups is 1. The quantitative estimate of drug-likeness (QED) is 0.464. The third-order valence-corrected chi connectivity index (χ3v) is 6.23. The van der Waals surface area contributed by atoms with E-state index in [0.29, 0.717) is 12.3 Å². The van der Waals surface area contributed by atoms with Gasteiger partial charge < -0.3 is 10.3 Å². The van der Waals surface area contributed by atoms with Gasteiger partial charge in [-0.2, -0.15) is 0 Å². The molecule has 2 aromatic carbocycles. The molecule has 2 N–H and O–H groups in total. The fraction of sp³-hybridized carbons (Fsp3) is 0.150. The molecule has 7 heteroatoms. The first-order chi connectivity index (χ1) is 13.3. The summed E-state index contributed by atoms with van der Waals surface area (Å²) in [6.45, 7) is 0.543. The number of carbonyl (C=O) groups excluding carboxylic acids is 1. The van der Waals surface area contributed by atoms with Crippen LogP contribution in [0, 0.1) is 0 Å². The molecule has 5 nitrogen and oxygen atoms in total. The minimum absolute atomic E-state index is 0.00373. The Balaban J connectivity index is 1.51. The van der Waals surface area contributed by atoms with Crippen LogP contribution in [0.4, 0.5) is 0 Å². The molecule has 2 aromatic heterocycles. The maximum absolute atomic E-state index is 12.3. The van der Waals surface area contributed by atoms with Crippen LogP contribution in [-0.4, -0.2) is 33.4 Å². The second-order valence-electron chi connectivity index (χ2n) is 6.05. The summed E-state index contributed by atoms with van der Waals surface area (Å²) in [7, 11) is 0. The number of amides is 1. The molecule has 0 fully saturated rings. The molecule has 1 amide bonds. The maximum atomic E-state index is 12.3. The minimum atomic E-state index is -0.00373. The van der Waals surface area contributed by atoms with Crippen LogP contribution < -0.4 is 5.32 Å². The Labute approximate surface area is 165 Å². The van der Waals surface area contributed by atoms with E-state index in [1.807, 2.05) is 36.5 Å². The van der Waals surface area contributed by atoms with E-state index in [1.54, 1.807) is 5.51 Å². The summed E-state index contributed by atoms with van der Waals surface area (Å²) in [5, 5.41) is 12.0. The molecular weight excluding hydrogens is 376 g/mol. The number of H-pyrrole nitrogens is 1. The first-order valence-electron chi connectivity index (χ1n) is 8.58. The van der Waals surface area contributed by atoms with Crippen molar-refractivity contribution in [2.75, 3.05) is 12.3 Å². The Morgan fingerprint density at radius 1 is 1.15 bits per heavy atom. The largest absolute Gasteiger partial charge is 0.361 e. The number of aromatic amines is 1. The molecule has 136 valence electrons. The highest BCUT2D eigenvalue weighted by Gasteiger charge is 2.19. The predicted octanol–water partition coefficient (Wildman–Crippen LogP) is 4.06. The van der Waals surface area contributed by atoms with Crippen molar-refractivity contribution in [1.29, 1.82) is 0 Å². The maximum Gasteiger partial charge on any atom is 0.230 e. The molecule has 0 aliphatic rings. The van der Waals surface area contributed by atoms with Crippen molar-refractivity contribution in [2.24, 2.45) is 0 Å². The second-order valence-corrected chi connectivity index (χ2v) is 8.11. The van der Waals surface area contributed by atoms with Crippen LogP contribution >= 0.6 is 23.1 Å². The fourth-order valence-electron chi connectivity index (χ4n) is 3.10. The summed E-state index contributed by atoms with van der Waals surface area (Å²) in [6, 6.07) is 18.5. The summed E-state index contributed by atoms with van der Waals surface area (Å²) >= 11 is 2.85. The summed E-state index contributed by atoms with van der Waals surface area (Å²) in [5.74, 6) is 0.415. The number of benzene rings is 2. The topological polar surface area (TPSA) is 70.7 Å². The van der Waals surface area contributed by atoms with Crippen molar-refractivity contribution >= 4 is 39.9 Å². The number of hydrogen-bond donors (Lipinski definition) is 2. The monoisotopic (exact) mass is 394 g/mol. The number of fused-ring (bicyclic) bond motifs is 1. The average molecular weight is 395 g/mol. The molecule has 0 radical (unpaired) electrons. The van der Waals surface area contributed by atoms with Crippen molar-refractivity contribution in [3.05, 3.63) is 77.4 Å². The molecule has 4 aromatic rings. The average Bonchev–Trinajstić information content (AvgIpc) is 3.38. The summed E-state index contributed by atoms with van der Waals surface area (Å²) in [4.78, 5) is 15.7. The van der Waals surface area contributed by atoms with Gasteiger partial charge in [0.15, 0.2) is 4.34 Å². The zero-order valence-electron chi connectivity index (χ0n) is 14.5. The fourth-order valence-corrected chi connectivity index (χ4v) is 4.41. The van der Waals surface area contributed by atoms with Crippen LogP contribution in [0.1, 0.15) is 17.0 Å². The molecular formula is C20H18N4OS2. The highest BCUT2D eigenvalue weighted by atomic mass is 32.2. The van der Waals surface area contributed by atoms with Crippen molar-refractivity contribution < 1.29 is 4.79 Å². The Bertz CT molecular complexity index is 1010. The lowest BCUT2D eigenvalue weighted by Gasteiger charge is -2.18. The van der Waals surface area contributed by atoms with Gasteiger partial charge in [0.05, 0.1) is 5.75 Å². The van der Waals surface area contributed by atoms with E-state index in [1.165, 1.54) is 39.6 Å². The van der Waals surface area contributed by atoms with E-state index < -0.39 is 0 Å². The molecule has 0 aliphatic carbocycles. The van der Waals surface area contributed by atoms with Gasteiger partial charge in [-0.1, -0.05) is 71.6 Å². The lowest BCUT2D eigenvalue weighted by Crippen LogP contribution is -2.30. The molecule has 0 bridgehead atoms. The highest BCUT2D eigenvalue weighted by molar-refractivity contribution is 8.01. The van der Waals surface area contributed by atoms with Gasteiger partial charge >= 0.3 is 0 Å². The molecule has 2 heterocycles. The van der Waals surface area contributed by atoms with Crippen molar-refractivity contribution in [1.82, 2.24) is 20.5 Å². The second kappa shape index (κ2) is 8.37. The summed E-state index contributed by atoms with van der Waals surface area (Å²) in [5.41, 5.74) is 5.14. The van der Waals surface area contributed by atoms with Gasteiger partial charge in [0.2, 0.25) is 5.91 Å². The van der Waals surface area contributed by atoms with Gasteiger partial charge in [-0.3, -0.25) is 4.79 Å². The van der Waals surface area contributed by atoms with Crippen LogP contribution in [0.2, 0.25) is 0 Å². The van der Waals surface area contributed by atoms with Crippen LogP contribution in [-0.2, 0) is 4.79 Å². The molecule has 0 saturated carbocycles. The van der Waals surface area contributed by atoms with Crippen molar-refractivity contribution in [3.8, 4) is 0 Å². The Morgan fingerprint density at radius 3 is 2.78 bits per heavy atom. The van der Waals surface area contributed by atoms with Gasteiger partial charge in [0, 0.05) is 29.6 Å². The molecule has 1 unspecified atom stereocenters. The first kappa shape index (κ1) is 17.8. The van der Waals surface area contributed by atoms with Gasteiger partial charge in [-0.25, -0.2) is 0 Å². The van der Waals surface area contributed by atoms with E-state index in [2.05, 4.69) is 44.8 Å². The zero-order chi connectivity index (χ0) is 18.5. The number of thioether (sulfide) groups is 1. The normalized spacial score (nSPS) is 12.1. The lowest BCUT2D eigenvalue weighted by atomic mass is 9.91. The van der Waals surface area contributed by atoms with Gasteiger partial charge in [-0.15, -0.1) is 10.2 Å². The number of rotatable bonds is 7. The molecule has 4 rings (SSSR count). The van der Waals surface area contributed by atoms with E-state index in [4.69, 9.17) is 0 Å². The van der Waals surface area contributed by atoms with Gasteiger partial charge in [0.25, 0.3) is 0 Å². The number of para-hydroxylation sites is 1. The third-order valence-electron chi connectivity index (χ3n) is 4.37. The standard InChI is InChI=1S/C20H18N4OS2/c25-19(12-26-20-24-23-13-27-20)22-10-16(14-6-2-1-3-7-14)17-11-21-18-9-5-4-8-15(17)18/h1-9,11,13,16,21H,10,12H2,(H,22,25). The van der Waals surface area contributed by atoms with E-state index >= 15 is 0 Å². The number of hydrogen-bond acceptors (Lipinski definition) is 5. The van der Waals surface area contributed by atoms with Crippen LogP contribution in [0.5, 0.6) is 0 Å². The SMILES string of the molecule is O=C(CSc1nncs1)NCC(c1ccccc1)c1c[nH]c2ccccc12. The molecule has 0 saturated heterocycles. The van der Waals surface area contributed by atoms with Crippen molar-refractivity contribution in [3.63, 3.8) is 0 Å².